The number of amides is 2. The van der Waals surface area contributed by atoms with Gasteiger partial charge in [-0.2, -0.15) is 0 Å². The van der Waals surface area contributed by atoms with Crippen LogP contribution in [0.2, 0.25) is 0 Å². The van der Waals surface area contributed by atoms with E-state index < -0.39 is 23.8 Å². The number of benzene rings is 1. The van der Waals surface area contributed by atoms with Gasteiger partial charge in [-0.3, -0.25) is 14.5 Å². The minimum absolute atomic E-state index is 0.146. The number of carbonyl (C=O) groups excluding carboxylic acids is 4. The molecule has 170 valence electrons. The molecule has 0 N–H and O–H groups in total. The summed E-state index contributed by atoms with van der Waals surface area (Å²) in [6, 6.07) is 3.37. The molecule has 1 aromatic carbocycles. The van der Waals surface area contributed by atoms with E-state index in [1.807, 2.05) is 0 Å². The number of esters is 2. The number of hydrogen-bond acceptors (Lipinski definition) is 7. The molecular weight excluding hydrogens is 437 g/mol. The number of fused-ring (bicyclic) bond motifs is 2. The van der Waals surface area contributed by atoms with E-state index in [4.69, 9.17) is 9.47 Å². The van der Waals surface area contributed by atoms with Crippen LogP contribution in [-0.2, 0) is 30.5 Å². The number of thiophene rings is 1. The first kappa shape index (κ1) is 22.4. The predicted molar refractivity (Wildman–Crippen MR) is 114 cm³/mol. The Balaban J connectivity index is 1.55. The highest BCUT2D eigenvalue weighted by atomic mass is 32.1. The maximum atomic E-state index is 14.5. The van der Waals surface area contributed by atoms with Gasteiger partial charge in [-0.1, -0.05) is 18.9 Å². The Kier molecular flexibility index (Phi) is 6.28. The first-order chi connectivity index (χ1) is 15.3. The van der Waals surface area contributed by atoms with Crippen LogP contribution in [0.25, 0.3) is 10.1 Å². The van der Waals surface area contributed by atoms with Crippen molar-refractivity contribution < 1.29 is 33.0 Å². The summed E-state index contributed by atoms with van der Waals surface area (Å²) < 4.78 is 25.5. The number of hydrogen-bond donors (Lipinski definition) is 0. The number of rotatable bonds is 6. The smallest absolute Gasteiger partial charge is 0.348 e. The van der Waals surface area contributed by atoms with E-state index in [1.54, 1.807) is 13.0 Å². The molecule has 2 fully saturated rings. The van der Waals surface area contributed by atoms with Gasteiger partial charge in [0, 0.05) is 15.6 Å². The predicted octanol–water partition coefficient (Wildman–Crippen LogP) is 3.82. The third-order valence-electron chi connectivity index (χ3n) is 6.19. The molecule has 9 heteroatoms. The Hall–Kier alpha value is -2.81. The molecule has 1 aliphatic heterocycles. The highest BCUT2D eigenvalue weighted by Gasteiger charge is 2.51. The van der Waals surface area contributed by atoms with Crippen molar-refractivity contribution in [1.82, 2.24) is 4.90 Å². The SMILES string of the molecule is CCOC(=O)c1sc2cccc(F)c2c1COC(=O)C(C)N1C(=O)C2CCCCC2C1=O. The number of imide groups is 1. The topological polar surface area (TPSA) is 90.0 Å². The molecule has 4 rings (SSSR count). The molecule has 0 radical (unpaired) electrons. The fraction of sp³-hybridized carbons (Fsp3) is 0.478. The van der Waals surface area contributed by atoms with Crippen LogP contribution in [0.5, 0.6) is 0 Å². The zero-order valence-corrected chi connectivity index (χ0v) is 18.7. The molecule has 0 bridgehead atoms. The molecule has 7 nitrogen and oxygen atoms in total. The van der Waals surface area contributed by atoms with Gasteiger partial charge < -0.3 is 9.47 Å². The minimum atomic E-state index is -1.10. The van der Waals surface area contributed by atoms with Crippen molar-refractivity contribution in [3.8, 4) is 0 Å². The standard InChI is InChI=1S/C23H24FNO6S/c1-3-30-23(29)19-15(18-16(24)9-6-10-17(18)32-19)11-31-22(28)12(2)25-20(26)13-7-4-5-8-14(13)21(25)27/h6,9-10,12-14H,3-5,7-8,11H2,1-2H3. The van der Waals surface area contributed by atoms with Crippen LogP contribution in [0.3, 0.4) is 0 Å². The molecule has 2 amide bonds. The third-order valence-corrected chi connectivity index (χ3v) is 7.36. The second-order valence-electron chi connectivity index (χ2n) is 8.07. The average molecular weight is 462 g/mol. The lowest BCUT2D eigenvalue weighted by Crippen LogP contribution is -2.44. The zero-order valence-electron chi connectivity index (χ0n) is 17.9. The number of carbonyl (C=O) groups is 4. The van der Waals surface area contributed by atoms with Gasteiger partial charge in [-0.25, -0.2) is 14.0 Å². The summed E-state index contributed by atoms with van der Waals surface area (Å²) in [6.45, 7) is 2.89. The van der Waals surface area contributed by atoms with Crippen molar-refractivity contribution in [1.29, 1.82) is 0 Å². The van der Waals surface area contributed by atoms with Crippen LogP contribution in [0.15, 0.2) is 18.2 Å². The molecule has 3 unspecified atom stereocenters. The molecule has 1 saturated carbocycles. The van der Waals surface area contributed by atoms with E-state index in [9.17, 15) is 23.6 Å². The summed E-state index contributed by atoms with van der Waals surface area (Å²) in [6.07, 6.45) is 3.08. The van der Waals surface area contributed by atoms with E-state index in [2.05, 4.69) is 0 Å². The van der Waals surface area contributed by atoms with E-state index >= 15 is 0 Å². The van der Waals surface area contributed by atoms with Gasteiger partial charge in [0.25, 0.3) is 0 Å². The number of halogens is 1. The molecule has 3 atom stereocenters. The molecular formula is C23H24FNO6S. The fourth-order valence-corrected chi connectivity index (χ4v) is 5.72. The summed E-state index contributed by atoms with van der Waals surface area (Å²) in [5.74, 6) is -3.33. The molecule has 2 heterocycles. The first-order valence-electron chi connectivity index (χ1n) is 10.8. The van der Waals surface area contributed by atoms with E-state index in [1.165, 1.54) is 19.1 Å². The molecule has 32 heavy (non-hydrogen) atoms. The van der Waals surface area contributed by atoms with Gasteiger partial charge in [0.05, 0.1) is 18.4 Å². The van der Waals surface area contributed by atoms with Crippen LogP contribution < -0.4 is 0 Å². The van der Waals surface area contributed by atoms with Gasteiger partial charge in [0.15, 0.2) is 0 Å². The normalized spacial score (nSPS) is 21.5. The zero-order chi connectivity index (χ0) is 23.0. The van der Waals surface area contributed by atoms with Gasteiger partial charge >= 0.3 is 11.9 Å². The third kappa shape index (κ3) is 3.79. The Labute approximate surface area is 188 Å². The maximum Gasteiger partial charge on any atom is 0.348 e. The van der Waals surface area contributed by atoms with Crippen molar-refractivity contribution in [2.24, 2.45) is 11.8 Å². The Morgan fingerprint density at radius 1 is 1.16 bits per heavy atom. The van der Waals surface area contributed by atoms with Crippen LogP contribution in [0, 0.1) is 17.7 Å². The van der Waals surface area contributed by atoms with Crippen LogP contribution in [-0.4, -0.2) is 41.3 Å². The summed E-state index contributed by atoms with van der Waals surface area (Å²) in [5, 5.41) is 0.195. The molecule has 1 aromatic heterocycles. The highest BCUT2D eigenvalue weighted by molar-refractivity contribution is 7.21. The first-order valence-corrected chi connectivity index (χ1v) is 11.6. The maximum absolute atomic E-state index is 14.5. The molecule has 0 spiro atoms. The van der Waals surface area contributed by atoms with Gasteiger partial charge in [0.2, 0.25) is 11.8 Å². The summed E-state index contributed by atoms with van der Waals surface area (Å²) in [7, 11) is 0. The Morgan fingerprint density at radius 2 is 1.81 bits per heavy atom. The lowest BCUT2D eigenvalue weighted by atomic mass is 9.81. The largest absolute Gasteiger partial charge is 0.462 e. The van der Waals surface area contributed by atoms with Crippen LogP contribution in [0.1, 0.15) is 54.8 Å². The molecule has 1 aliphatic carbocycles. The molecule has 2 aliphatic rings. The van der Waals surface area contributed by atoms with Crippen molar-refractivity contribution in [2.45, 2.75) is 52.2 Å². The van der Waals surface area contributed by atoms with Crippen molar-refractivity contribution in [3.05, 3.63) is 34.5 Å². The quantitative estimate of drug-likeness (QED) is 0.480. The lowest BCUT2D eigenvalue weighted by Gasteiger charge is -2.21. The molecule has 2 aromatic rings. The number of nitrogens with zero attached hydrogens (tertiary/aromatic N) is 1. The van der Waals surface area contributed by atoms with Crippen molar-refractivity contribution >= 4 is 45.2 Å². The summed E-state index contributed by atoms with van der Waals surface area (Å²) in [4.78, 5) is 51.8. The van der Waals surface area contributed by atoms with Crippen molar-refractivity contribution in [3.63, 3.8) is 0 Å². The van der Waals surface area contributed by atoms with E-state index in [0.29, 0.717) is 17.5 Å². The van der Waals surface area contributed by atoms with E-state index in [-0.39, 0.29) is 52.7 Å². The van der Waals surface area contributed by atoms with Crippen LogP contribution in [0.4, 0.5) is 4.39 Å². The molecule has 1 saturated heterocycles. The highest BCUT2D eigenvalue weighted by Crippen LogP contribution is 2.39. The second kappa shape index (κ2) is 8.97. The Bertz CT molecular complexity index is 1070. The second-order valence-corrected chi connectivity index (χ2v) is 9.12. The fourth-order valence-electron chi connectivity index (χ4n) is 4.61. The van der Waals surface area contributed by atoms with Gasteiger partial charge in [0.1, 0.15) is 23.3 Å². The average Bonchev–Trinajstić information content (AvgIpc) is 3.28. The van der Waals surface area contributed by atoms with Crippen LogP contribution >= 0.6 is 11.3 Å². The lowest BCUT2D eigenvalue weighted by molar-refractivity contribution is -0.159. The van der Waals surface area contributed by atoms with Crippen molar-refractivity contribution in [2.75, 3.05) is 6.61 Å². The number of ether oxygens (including phenoxy) is 2. The Morgan fingerprint density at radius 3 is 2.44 bits per heavy atom. The summed E-state index contributed by atoms with van der Waals surface area (Å²) >= 11 is 1.06. The monoisotopic (exact) mass is 461 g/mol. The minimum Gasteiger partial charge on any atom is -0.462 e. The number of likely N-dealkylation sites (tertiary alicyclic amines) is 1. The van der Waals surface area contributed by atoms with E-state index in [0.717, 1.165) is 29.1 Å². The summed E-state index contributed by atoms with van der Waals surface area (Å²) in [5.41, 5.74) is 0.217. The van der Waals surface area contributed by atoms with Gasteiger partial charge in [-0.15, -0.1) is 11.3 Å². The van der Waals surface area contributed by atoms with Gasteiger partial charge in [-0.05, 0) is 38.8 Å².